The summed E-state index contributed by atoms with van der Waals surface area (Å²) in [7, 11) is 0. The fourth-order valence-corrected chi connectivity index (χ4v) is 4.61. The monoisotopic (exact) mass is 308 g/mol. The van der Waals surface area contributed by atoms with E-state index in [0.717, 1.165) is 6.29 Å². The van der Waals surface area contributed by atoms with E-state index in [-0.39, 0.29) is 29.3 Å². The van der Waals surface area contributed by atoms with E-state index in [1.807, 2.05) is 20.8 Å². The first-order valence-corrected chi connectivity index (χ1v) is 7.65. The van der Waals surface area contributed by atoms with E-state index in [1.165, 1.54) is 6.92 Å². The molecule has 0 heterocycles. The van der Waals surface area contributed by atoms with Crippen LogP contribution in [0.15, 0.2) is 11.1 Å². The summed E-state index contributed by atoms with van der Waals surface area (Å²) in [4.78, 5) is 35.0. The second kappa shape index (κ2) is 5.21. The Morgan fingerprint density at radius 2 is 1.91 bits per heavy atom. The van der Waals surface area contributed by atoms with E-state index >= 15 is 0 Å². The highest BCUT2D eigenvalue weighted by Crippen LogP contribution is 2.62. The Labute approximate surface area is 130 Å². The van der Waals surface area contributed by atoms with Crippen LogP contribution >= 0.6 is 0 Å². The van der Waals surface area contributed by atoms with Gasteiger partial charge in [0.05, 0.1) is 5.41 Å². The van der Waals surface area contributed by atoms with Crippen molar-refractivity contribution < 1.29 is 24.2 Å². The fraction of sp³-hybridized carbons (Fsp3) is 0.706. The van der Waals surface area contributed by atoms with Crippen LogP contribution in [-0.4, -0.2) is 29.4 Å². The van der Waals surface area contributed by atoms with Crippen molar-refractivity contribution in [2.24, 2.45) is 22.7 Å². The van der Waals surface area contributed by atoms with Crippen molar-refractivity contribution in [3.8, 4) is 0 Å². The third-order valence-electron chi connectivity index (χ3n) is 5.27. The molecule has 5 nitrogen and oxygen atoms in total. The van der Waals surface area contributed by atoms with Crippen LogP contribution in [0.2, 0.25) is 0 Å². The molecule has 2 aliphatic carbocycles. The lowest BCUT2D eigenvalue weighted by molar-refractivity contribution is -0.151. The van der Waals surface area contributed by atoms with Crippen LogP contribution in [0.4, 0.5) is 0 Å². The average Bonchev–Trinajstić information content (AvgIpc) is 2.57. The van der Waals surface area contributed by atoms with Gasteiger partial charge in [0.25, 0.3) is 0 Å². The van der Waals surface area contributed by atoms with Crippen LogP contribution in [0.3, 0.4) is 0 Å². The molecular weight excluding hydrogens is 284 g/mol. The lowest BCUT2D eigenvalue weighted by Gasteiger charge is -2.40. The Morgan fingerprint density at radius 1 is 1.32 bits per heavy atom. The molecule has 0 aliphatic heterocycles. The fourth-order valence-electron chi connectivity index (χ4n) is 4.61. The molecule has 0 saturated heterocycles. The highest BCUT2D eigenvalue weighted by atomic mass is 16.5. The average molecular weight is 308 g/mol. The summed E-state index contributed by atoms with van der Waals surface area (Å²) in [6.07, 6.45) is 1.40. The lowest BCUT2D eigenvalue weighted by Crippen LogP contribution is -2.40. The van der Waals surface area contributed by atoms with Gasteiger partial charge in [-0.3, -0.25) is 14.4 Å². The summed E-state index contributed by atoms with van der Waals surface area (Å²) in [5.41, 5.74) is -0.206. The number of fused-ring (bicyclic) bond motifs is 1. The van der Waals surface area contributed by atoms with Crippen molar-refractivity contribution in [2.75, 3.05) is 0 Å². The summed E-state index contributed by atoms with van der Waals surface area (Å²) in [5, 5.41) is 9.75. The third kappa shape index (κ3) is 2.36. The minimum atomic E-state index is -1.09. The maximum Gasteiger partial charge on any atom is 0.313 e. The van der Waals surface area contributed by atoms with Gasteiger partial charge in [-0.05, 0) is 42.2 Å². The van der Waals surface area contributed by atoms with E-state index in [2.05, 4.69) is 0 Å². The van der Waals surface area contributed by atoms with E-state index in [1.54, 1.807) is 6.92 Å². The van der Waals surface area contributed by atoms with E-state index in [0.29, 0.717) is 24.0 Å². The van der Waals surface area contributed by atoms with E-state index < -0.39 is 11.4 Å². The summed E-state index contributed by atoms with van der Waals surface area (Å²) >= 11 is 0. The number of allylic oxidation sites excluding steroid dienone is 1. The Balaban J connectivity index is 2.66. The second-order valence-electron chi connectivity index (χ2n) is 7.55. The number of carboxylic acid groups (broad SMARTS) is 1. The number of rotatable bonds is 3. The molecule has 1 N–H and O–H groups in total. The summed E-state index contributed by atoms with van der Waals surface area (Å²) in [6.45, 7) is 8.90. The zero-order chi connectivity index (χ0) is 16.9. The number of hydrogen-bond donors (Lipinski definition) is 1. The number of carbonyl (C=O) groups is 3. The molecule has 0 amide bonds. The van der Waals surface area contributed by atoms with Gasteiger partial charge in [0.2, 0.25) is 0 Å². The molecule has 0 unspecified atom stereocenters. The Kier molecular flexibility index (Phi) is 3.96. The van der Waals surface area contributed by atoms with E-state index in [9.17, 15) is 19.5 Å². The molecule has 1 saturated carbocycles. The lowest BCUT2D eigenvalue weighted by atomic mass is 9.67. The van der Waals surface area contributed by atoms with Gasteiger partial charge in [-0.25, -0.2) is 0 Å². The quantitative estimate of drug-likeness (QED) is 0.640. The number of aliphatic carboxylic acids is 1. The molecule has 122 valence electrons. The Bertz CT molecular complexity index is 559. The third-order valence-corrected chi connectivity index (χ3v) is 5.27. The van der Waals surface area contributed by atoms with E-state index in [4.69, 9.17) is 4.74 Å². The molecule has 5 heteroatoms. The number of esters is 1. The predicted molar refractivity (Wildman–Crippen MR) is 80.1 cm³/mol. The largest absolute Gasteiger partial charge is 0.481 e. The number of carbonyl (C=O) groups excluding carboxylic acids is 2. The molecule has 0 aromatic carbocycles. The van der Waals surface area contributed by atoms with Gasteiger partial charge in [-0.15, -0.1) is 0 Å². The first kappa shape index (κ1) is 16.7. The van der Waals surface area contributed by atoms with Crippen molar-refractivity contribution in [1.82, 2.24) is 0 Å². The van der Waals surface area contributed by atoms with Gasteiger partial charge in [0, 0.05) is 12.8 Å². The van der Waals surface area contributed by atoms with Gasteiger partial charge in [0.15, 0.2) is 0 Å². The van der Waals surface area contributed by atoms with Crippen molar-refractivity contribution in [3.05, 3.63) is 11.1 Å². The van der Waals surface area contributed by atoms with Gasteiger partial charge in [0.1, 0.15) is 12.4 Å². The minimum absolute atomic E-state index is 0.110. The molecule has 0 aromatic heterocycles. The van der Waals surface area contributed by atoms with Crippen LogP contribution in [-0.2, 0) is 19.1 Å². The highest BCUT2D eigenvalue weighted by Gasteiger charge is 2.60. The molecule has 0 aromatic rings. The topological polar surface area (TPSA) is 80.7 Å². The first-order chi connectivity index (χ1) is 10.0. The van der Waals surface area contributed by atoms with Crippen LogP contribution < -0.4 is 0 Å². The first-order valence-electron chi connectivity index (χ1n) is 7.65. The Hall–Kier alpha value is -1.65. The molecule has 0 bridgehead atoms. The predicted octanol–water partition coefficient (Wildman–Crippen LogP) is 2.59. The smallest absolute Gasteiger partial charge is 0.313 e. The molecule has 0 radical (unpaired) electrons. The zero-order valence-electron chi connectivity index (χ0n) is 13.8. The summed E-state index contributed by atoms with van der Waals surface area (Å²) in [6, 6.07) is 0. The van der Waals surface area contributed by atoms with Crippen molar-refractivity contribution >= 4 is 18.2 Å². The number of aldehydes is 1. The standard InChI is InChI=1S/C17H24O5/c1-9-6-12(22-10(2)19)14-13(11(9)7-18)17(5,15(20)21)8-16(14,3)4/h7,9,12,14H,6,8H2,1-5H3,(H,20,21)/t9-,12+,14-,17+/m1/s1. The maximum atomic E-state index is 11.9. The molecular formula is C17H24O5. The normalized spacial score (nSPS) is 36.7. The second-order valence-corrected chi connectivity index (χ2v) is 7.55. The van der Waals surface area contributed by atoms with Crippen LogP contribution in [0.1, 0.15) is 47.5 Å². The van der Waals surface area contributed by atoms with Crippen molar-refractivity contribution in [3.63, 3.8) is 0 Å². The molecule has 22 heavy (non-hydrogen) atoms. The van der Waals surface area contributed by atoms with Crippen LogP contribution in [0.5, 0.6) is 0 Å². The maximum absolute atomic E-state index is 11.9. The molecule has 1 fully saturated rings. The number of carboxylic acids is 1. The van der Waals surface area contributed by atoms with Crippen LogP contribution in [0.25, 0.3) is 0 Å². The van der Waals surface area contributed by atoms with Gasteiger partial charge >= 0.3 is 11.9 Å². The van der Waals surface area contributed by atoms with Crippen molar-refractivity contribution in [2.45, 2.75) is 53.6 Å². The summed E-state index contributed by atoms with van der Waals surface area (Å²) < 4.78 is 5.50. The Morgan fingerprint density at radius 3 is 2.36 bits per heavy atom. The van der Waals surface area contributed by atoms with Gasteiger partial charge < -0.3 is 9.84 Å². The number of ether oxygens (including phenoxy) is 1. The summed E-state index contributed by atoms with van der Waals surface area (Å²) in [5.74, 6) is -1.63. The molecule has 2 rings (SSSR count). The zero-order valence-corrected chi connectivity index (χ0v) is 13.8. The molecule has 0 spiro atoms. The molecule has 4 atom stereocenters. The van der Waals surface area contributed by atoms with Crippen molar-refractivity contribution in [1.29, 1.82) is 0 Å². The van der Waals surface area contributed by atoms with Gasteiger partial charge in [-0.2, -0.15) is 0 Å². The minimum Gasteiger partial charge on any atom is -0.481 e. The number of hydrogen-bond acceptors (Lipinski definition) is 4. The highest BCUT2D eigenvalue weighted by molar-refractivity contribution is 5.85. The SMILES string of the molecule is CC(=O)O[C@H]1C[C@@H](C)C(C=O)=C2[C@@H]1C(C)(C)C[C@]2(C)C(=O)O. The van der Waals surface area contributed by atoms with Crippen LogP contribution in [0, 0.1) is 22.7 Å². The van der Waals surface area contributed by atoms with Gasteiger partial charge in [-0.1, -0.05) is 20.8 Å². The molecule has 2 aliphatic rings.